The first-order valence-electron chi connectivity index (χ1n) is 6.98. The molecule has 1 N–H and O–H groups in total. The van der Waals surface area contributed by atoms with Crippen LogP contribution in [0.25, 0.3) is 0 Å². The molecule has 0 spiro atoms. The van der Waals surface area contributed by atoms with Gasteiger partial charge in [0.1, 0.15) is 6.10 Å². The lowest BCUT2D eigenvalue weighted by Crippen LogP contribution is -2.33. The zero-order chi connectivity index (χ0) is 13.9. The number of carbonyl (C=O) groups is 2. The first-order chi connectivity index (χ1) is 9.24. The molecule has 0 aromatic rings. The van der Waals surface area contributed by atoms with Gasteiger partial charge < -0.3 is 15.0 Å². The average molecular weight is 268 g/mol. The average Bonchev–Trinajstić information content (AvgIpc) is 2.37. The van der Waals surface area contributed by atoms with Crippen LogP contribution < -0.4 is 5.32 Å². The molecule has 1 aliphatic carbocycles. The normalized spacial score (nSPS) is 20.8. The second-order valence-corrected chi connectivity index (χ2v) is 4.83. The van der Waals surface area contributed by atoms with Crippen molar-refractivity contribution >= 4 is 12.5 Å². The summed E-state index contributed by atoms with van der Waals surface area (Å²) < 4.78 is 5.51. The summed E-state index contributed by atoms with van der Waals surface area (Å²) in [4.78, 5) is 23.5. The summed E-state index contributed by atoms with van der Waals surface area (Å²) in [5.41, 5.74) is 0. The fourth-order valence-corrected chi connectivity index (χ4v) is 2.04. The third-order valence-electron chi connectivity index (χ3n) is 3.20. The molecular weight excluding hydrogens is 244 g/mol. The Hall–Kier alpha value is -1.52. The Bertz CT molecular complexity index is 305. The molecule has 108 valence electrons. The lowest BCUT2D eigenvalue weighted by molar-refractivity contribution is -0.109. The fraction of sp³-hybridized carbons (Fsp3) is 0.714. The van der Waals surface area contributed by atoms with E-state index in [1.54, 1.807) is 11.9 Å². The molecule has 0 fully saturated rings. The van der Waals surface area contributed by atoms with Crippen molar-refractivity contribution in [1.29, 1.82) is 0 Å². The SMILES string of the molecule is CN(CCCNC=O)C(=O)OC1CC/C=C\CCC1. The number of nitrogens with zero attached hydrogens (tertiary/aromatic N) is 1. The van der Waals surface area contributed by atoms with Crippen molar-refractivity contribution in [2.75, 3.05) is 20.1 Å². The third kappa shape index (κ3) is 6.84. The number of allylic oxidation sites excluding steroid dienone is 2. The van der Waals surface area contributed by atoms with Crippen molar-refractivity contribution < 1.29 is 14.3 Å². The molecular formula is C14H24N2O3. The molecule has 0 heterocycles. The van der Waals surface area contributed by atoms with Crippen LogP contribution in [0, 0.1) is 0 Å². The number of amides is 2. The van der Waals surface area contributed by atoms with E-state index in [0.29, 0.717) is 19.5 Å². The number of hydrogen-bond donors (Lipinski definition) is 1. The smallest absolute Gasteiger partial charge is 0.409 e. The number of rotatable bonds is 6. The van der Waals surface area contributed by atoms with Gasteiger partial charge in [0.25, 0.3) is 0 Å². The molecule has 0 aliphatic heterocycles. The summed E-state index contributed by atoms with van der Waals surface area (Å²) in [6.07, 6.45) is 10.5. The van der Waals surface area contributed by atoms with Crippen molar-refractivity contribution in [3.63, 3.8) is 0 Å². The number of ether oxygens (including phenoxy) is 1. The van der Waals surface area contributed by atoms with Gasteiger partial charge in [-0.3, -0.25) is 4.79 Å². The molecule has 1 atom stereocenters. The molecule has 0 saturated carbocycles. The van der Waals surface area contributed by atoms with Crippen LogP contribution in [-0.4, -0.2) is 43.6 Å². The van der Waals surface area contributed by atoms with Crippen molar-refractivity contribution in [3.05, 3.63) is 12.2 Å². The minimum Gasteiger partial charge on any atom is -0.446 e. The quantitative estimate of drug-likeness (QED) is 0.456. The summed E-state index contributed by atoms with van der Waals surface area (Å²) in [5, 5.41) is 2.57. The maximum absolute atomic E-state index is 11.9. The number of nitrogens with one attached hydrogen (secondary N) is 1. The molecule has 2 amide bonds. The van der Waals surface area contributed by atoms with E-state index in [1.165, 1.54) is 0 Å². The molecule has 5 heteroatoms. The molecule has 1 rings (SSSR count). The van der Waals surface area contributed by atoms with E-state index in [9.17, 15) is 9.59 Å². The zero-order valence-electron chi connectivity index (χ0n) is 11.6. The van der Waals surface area contributed by atoms with Gasteiger partial charge in [0.15, 0.2) is 0 Å². The van der Waals surface area contributed by atoms with E-state index in [2.05, 4.69) is 17.5 Å². The van der Waals surface area contributed by atoms with E-state index < -0.39 is 0 Å². The molecule has 1 aliphatic rings. The Balaban J connectivity index is 2.23. The third-order valence-corrected chi connectivity index (χ3v) is 3.20. The summed E-state index contributed by atoms with van der Waals surface area (Å²) >= 11 is 0. The van der Waals surface area contributed by atoms with Crippen LogP contribution in [0.1, 0.15) is 38.5 Å². The highest BCUT2D eigenvalue weighted by Crippen LogP contribution is 2.16. The highest BCUT2D eigenvalue weighted by molar-refractivity contribution is 5.67. The van der Waals surface area contributed by atoms with Crippen LogP contribution in [0.2, 0.25) is 0 Å². The van der Waals surface area contributed by atoms with Crippen molar-refractivity contribution in [1.82, 2.24) is 10.2 Å². The first-order valence-corrected chi connectivity index (χ1v) is 6.98. The summed E-state index contributed by atoms with van der Waals surface area (Å²) in [7, 11) is 1.73. The molecule has 1 unspecified atom stereocenters. The van der Waals surface area contributed by atoms with E-state index >= 15 is 0 Å². The number of carbonyl (C=O) groups excluding carboxylic acids is 2. The monoisotopic (exact) mass is 268 g/mol. The van der Waals surface area contributed by atoms with Gasteiger partial charge in [0.2, 0.25) is 6.41 Å². The Morgan fingerprint density at radius 3 is 3.00 bits per heavy atom. The van der Waals surface area contributed by atoms with Crippen molar-refractivity contribution in [2.24, 2.45) is 0 Å². The van der Waals surface area contributed by atoms with Crippen LogP contribution in [0.5, 0.6) is 0 Å². The summed E-state index contributed by atoms with van der Waals surface area (Å²) in [6, 6.07) is 0. The molecule has 0 aromatic carbocycles. The Morgan fingerprint density at radius 1 is 1.42 bits per heavy atom. The number of hydrogen-bond acceptors (Lipinski definition) is 3. The molecule has 0 saturated heterocycles. The largest absolute Gasteiger partial charge is 0.446 e. The second-order valence-electron chi connectivity index (χ2n) is 4.83. The highest BCUT2D eigenvalue weighted by Gasteiger charge is 2.17. The van der Waals surface area contributed by atoms with Gasteiger partial charge in [-0.05, 0) is 38.5 Å². The second kappa shape index (κ2) is 9.42. The van der Waals surface area contributed by atoms with Crippen molar-refractivity contribution in [2.45, 2.75) is 44.6 Å². The van der Waals surface area contributed by atoms with Gasteiger partial charge >= 0.3 is 6.09 Å². The highest BCUT2D eigenvalue weighted by atomic mass is 16.6. The van der Waals surface area contributed by atoms with Gasteiger partial charge in [-0.25, -0.2) is 4.79 Å². The molecule has 0 bridgehead atoms. The van der Waals surface area contributed by atoms with Crippen LogP contribution in [0.3, 0.4) is 0 Å². The topological polar surface area (TPSA) is 58.6 Å². The summed E-state index contributed by atoms with van der Waals surface area (Å²) in [5.74, 6) is 0. The van der Waals surface area contributed by atoms with Gasteiger partial charge in [0.05, 0.1) is 0 Å². The first kappa shape index (κ1) is 15.5. The van der Waals surface area contributed by atoms with E-state index in [0.717, 1.165) is 38.5 Å². The maximum atomic E-state index is 11.9. The van der Waals surface area contributed by atoms with Gasteiger partial charge in [-0.1, -0.05) is 12.2 Å². The van der Waals surface area contributed by atoms with Gasteiger partial charge in [0, 0.05) is 20.1 Å². The van der Waals surface area contributed by atoms with Gasteiger partial charge in [-0.2, -0.15) is 0 Å². The van der Waals surface area contributed by atoms with Crippen LogP contribution in [-0.2, 0) is 9.53 Å². The van der Waals surface area contributed by atoms with E-state index in [4.69, 9.17) is 4.74 Å². The molecule has 0 aromatic heterocycles. The predicted octanol–water partition coefficient (Wildman–Crippen LogP) is 2.08. The Morgan fingerprint density at radius 2 is 2.21 bits per heavy atom. The standard InChI is InChI=1S/C14H24N2O3/c1-16(11-7-10-15-12-17)14(18)19-13-8-5-3-2-4-6-9-13/h2-3,12-13H,4-11H2,1H3,(H,15,17)/b3-2-. The maximum Gasteiger partial charge on any atom is 0.409 e. The summed E-state index contributed by atoms with van der Waals surface area (Å²) in [6.45, 7) is 1.17. The minimum atomic E-state index is -0.263. The zero-order valence-corrected chi connectivity index (χ0v) is 11.6. The fourth-order valence-electron chi connectivity index (χ4n) is 2.04. The Kier molecular flexibility index (Phi) is 7.70. The van der Waals surface area contributed by atoms with Crippen LogP contribution in [0.15, 0.2) is 12.2 Å². The predicted molar refractivity (Wildman–Crippen MR) is 73.8 cm³/mol. The van der Waals surface area contributed by atoms with E-state index in [1.807, 2.05) is 0 Å². The van der Waals surface area contributed by atoms with Crippen LogP contribution >= 0.6 is 0 Å². The van der Waals surface area contributed by atoms with E-state index in [-0.39, 0.29) is 12.2 Å². The Labute approximate surface area is 115 Å². The molecule has 5 nitrogen and oxygen atoms in total. The lowest BCUT2D eigenvalue weighted by atomic mass is 10.0. The van der Waals surface area contributed by atoms with Crippen LogP contribution in [0.4, 0.5) is 4.79 Å². The molecule has 19 heavy (non-hydrogen) atoms. The lowest BCUT2D eigenvalue weighted by Gasteiger charge is -2.23. The molecule has 0 radical (unpaired) electrons. The minimum absolute atomic E-state index is 0.0352. The van der Waals surface area contributed by atoms with Crippen molar-refractivity contribution in [3.8, 4) is 0 Å². The van der Waals surface area contributed by atoms with Gasteiger partial charge in [-0.15, -0.1) is 0 Å².